The fraction of sp³-hybridized carbons (Fsp3) is 0.100. The zero-order valence-electron chi connectivity index (χ0n) is 14.3. The van der Waals surface area contributed by atoms with Gasteiger partial charge in [0, 0.05) is 23.7 Å². The molecule has 134 valence electrons. The Bertz CT molecular complexity index is 1030. The van der Waals surface area contributed by atoms with Gasteiger partial charge in [-0.3, -0.25) is 4.99 Å². The molecule has 7 nitrogen and oxygen atoms in total. The Balaban J connectivity index is 1.55. The summed E-state index contributed by atoms with van der Waals surface area (Å²) in [5.41, 5.74) is 3.98. The van der Waals surface area contributed by atoms with Gasteiger partial charge in [-0.25, -0.2) is 14.8 Å². The Morgan fingerprint density at radius 1 is 1.19 bits per heavy atom. The van der Waals surface area contributed by atoms with E-state index in [4.69, 9.17) is 9.84 Å². The van der Waals surface area contributed by atoms with Crippen molar-refractivity contribution < 1.29 is 14.6 Å². The molecular weight excluding hydrogens is 344 g/mol. The van der Waals surface area contributed by atoms with Gasteiger partial charge < -0.3 is 15.2 Å². The van der Waals surface area contributed by atoms with Gasteiger partial charge in [-0.05, 0) is 41.5 Å². The van der Waals surface area contributed by atoms with Gasteiger partial charge in [0.1, 0.15) is 11.6 Å². The van der Waals surface area contributed by atoms with Crippen LogP contribution in [-0.2, 0) is 11.3 Å². The van der Waals surface area contributed by atoms with E-state index in [-0.39, 0.29) is 0 Å². The van der Waals surface area contributed by atoms with Crippen LogP contribution in [0.1, 0.15) is 11.1 Å². The monoisotopic (exact) mass is 360 g/mol. The maximum absolute atomic E-state index is 10.7. The van der Waals surface area contributed by atoms with Crippen molar-refractivity contribution in [2.45, 2.75) is 6.54 Å². The SMILES string of the molecule is O=C(O)COc1cccc(-c2nccc(Nc3ccc4c(c3)C=NC4)n2)c1. The molecule has 0 unspecified atom stereocenters. The van der Waals surface area contributed by atoms with Crippen molar-refractivity contribution in [3.05, 3.63) is 65.9 Å². The van der Waals surface area contributed by atoms with Crippen molar-refractivity contribution in [2.24, 2.45) is 4.99 Å². The van der Waals surface area contributed by atoms with Gasteiger partial charge in [0.15, 0.2) is 12.4 Å². The average molecular weight is 360 g/mol. The van der Waals surface area contributed by atoms with Gasteiger partial charge in [0.2, 0.25) is 0 Å². The van der Waals surface area contributed by atoms with E-state index in [1.807, 2.05) is 24.4 Å². The lowest BCUT2D eigenvalue weighted by Crippen LogP contribution is -2.09. The van der Waals surface area contributed by atoms with Crippen molar-refractivity contribution in [1.82, 2.24) is 9.97 Å². The number of hydrogen-bond donors (Lipinski definition) is 2. The molecule has 0 spiro atoms. The van der Waals surface area contributed by atoms with E-state index in [1.54, 1.807) is 30.5 Å². The van der Waals surface area contributed by atoms with Crippen molar-refractivity contribution in [2.75, 3.05) is 11.9 Å². The summed E-state index contributed by atoms with van der Waals surface area (Å²) in [6.07, 6.45) is 3.54. The lowest BCUT2D eigenvalue weighted by Gasteiger charge is -2.09. The summed E-state index contributed by atoms with van der Waals surface area (Å²) in [5, 5.41) is 12.0. The lowest BCUT2D eigenvalue weighted by molar-refractivity contribution is -0.139. The van der Waals surface area contributed by atoms with Crippen LogP contribution in [0, 0.1) is 0 Å². The molecule has 4 rings (SSSR count). The maximum Gasteiger partial charge on any atom is 0.341 e. The van der Waals surface area contributed by atoms with Crippen molar-refractivity contribution >= 4 is 23.7 Å². The fourth-order valence-corrected chi connectivity index (χ4v) is 2.76. The smallest absolute Gasteiger partial charge is 0.341 e. The number of carbonyl (C=O) groups is 1. The predicted molar refractivity (Wildman–Crippen MR) is 102 cm³/mol. The first-order valence-corrected chi connectivity index (χ1v) is 8.35. The number of aliphatic imine (C=N–C) groups is 1. The standard InChI is InChI=1S/C20H16N4O3/c25-19(26)12-27-17-3-1-2-13(9-17)20-22-7-6-18(24-20)23-16-5-4-14-10-21-11-15(14)8-16/h1-9,11H,10,12H2,(H,25,26)(H,22,23,24). The molecule has 0 fully saturated rings. The van der Waals surface area contributed by atoms with Crippen LogP contribution in [0.15, 0.2) is 59.7 Å². The minimum absolute atomic E-state index is 0.395. The second-order valence-corrected chi connectivity index (χ2v) is 5.98. The molecule has 0 bridgehead atoms. The number of rotatable bonds is 6. The molecule has 1 aliphatic rings. The van der Waals surface area contributed by atoms with Gasteiger partial charge in [0.25, 0.3) is 0 Å². The Morgan fingerprint density at radius 3 is 3.00 bits per heavy atom. The number of carboxylic acid groups (broad SMARTS) is 1. The summed E-state index contributed by atoms with van der Waals surface area (Å²) < 4.78 is 5.22. The highest BCUT2D eigenvalue weighted by molar-refractivity contribution is 5.86. The number of aliphatic carboxylic acids is 1. The third-order valence-electron chi connectivity index (χ3n) is 4.02. The second kappa shape index (κ2) is 7.25. The number of hydrogen-bond acceptors (Lipinski definition) is 6. The molecule has 0 amide bonds. The molecule has 2 heterocycles. The molecule has 0 saturated carbocycles. The lowest BCUT2D eigenvalue weighted by atomic mass is 10.1. The zero-order chi connectivity index (χ0) is 18.6. The first-order valence-electron chi connectivity index (χ1n) is 8.35. The highest BCUT2D eigenvalue weighted by Crippen LogP contribution is 2.24. The number of nitrogens with one attached hydrogen (secondary N) is 1. The van der Waals surface area contributed by atoms with E-state index >= 15 is 0 Å². The number of benzene rings is 2. The van der Waals surface area contributed by atoms with E-state index in [2.05, 4.69) is 26.3 Å². The van der Waals surface area contributed by atoms with Crippen molar-refractivity contribution in [3.8, 4) is 17.1 Å². The van der Waals surface area contributed by atoms with E-state index in [1.165, 1.54) is 5.56 Å². The molecular formula is C20H16N4O3. The number of nitrogens with zero attached hydrogens (tertiary/aromatic N) is 3. The highest BCUT2D eigenvalue weighted by atomic mass is 16.5. The van der Waals surface area contributed by atoms with Gasteiger partial charge in [-0.1, -0.05) is 18.2 Å². The minimum Gasteiger partial charge on any atom is -0.482 e. The minimum atomic E-state index is -1.03. The summed E-state index contributed by atoms with van der Waals surface area (Å²) in [5.74, 6) is 0.604. The van der Waals surface area contributed by atoms with Gasteiger partial charge in [-0.15, -0.1) is 0 Å². The molecule has 3 aromatic rings. The summed E-state index contributed by atoms with van der Waals surface area (Å²) >= 11 is 0. The molecule has 2 N–H and O–H groups in total. The van der Waals surface area contributed by atoms with Crippen LogP contribution in [0.4, 0.5) is 11.5 Å². The molecule has 0 radical (unpaired) electrons. The largest absolute Gasteiger partial charge is 0.482 e. The van der Waals surface area contributed by atoms with Crippen LogP contribution in [0.5, 0.6) is 5.75 Å². The third kappa shape index (κ3) is 3.92. The summed E-state index contributed by atoms with van der Waals surface area (Å²) in [4.78, 5) is 23.8. The Labute approximate surface area is 155 Å². The van der Waals surface area contributed by atoms with Crippen LogP contribution in [0.3, 0.4) is 0 Å². The molecule has 0 atom stereocenters. The molecule has 7 heteroatoms. The summed E-state index contributed by atoms with van der Waals surface area (Å²) in [6.45, 7) is 0.334. The van der Waals surface area contributed by atoms with Crippen molar-refractivity contribution in [1.29, 1.82) is 0 Å². The fourth-order valence-electron chi connectivity index (χ4n) is 2.76. The van der Waals surface area contributed by atoms with E-state index < -0.39 is 12.6 Å². The maximum atomic E-state index is 10.7. The Hall–Kier alpha value is -3.74. The van der Waals surface area contributed by atoms with Gasteiger partial charge in [-0.2, -0.15) is 0 Å². The number of ether oxygens (including phenoxy) is 1. The van der Waals surface area contributed by atoms with Gasteiger partial charge in [0.05, 0.1) is 6.54 Å². The Kier molecular flexibility index (Phi) is 4.49. The number of fused-ring (bicyclic) bond motifs is 1. The quantitative estimate of drug-likeness (QED) is 0.700. The van der Waals surface area contributed by atoms with Gasteiger partial charge >= 0.3 is 5.97 Å². The molecule has 0 saturated heterocycles. The van der Waals surface area contributed by atoms with Crippen molar-refractivity contribution in [3.63, 3.8) is 0 Å². The molecule has 2 aromatic carbocycles. The average Bonchev–Trinajstić information content (AvgIpc) is 3.15. The highest BCUT2D eigenvalue weighted by Gasteiger charge is 2.09. The van der Waals surface area contributed by atoms with Crippen LogP contribution < -0.4 is 10.1 Å². The molecule has 1 aromatic heterocycles. The van der Waals surface area contributed by atoms with Crippen LogP contribution in [0.25, 0.3) is 11.4 Å². The zero-order valence-corrected chi connectivity index (χ0v) is 14.3. The van der Waals surface area contributed by atoms with E-state index in [0.29, 0.717) is 17.4 Å². The van der Waals surface area contributed by atoms with Crippen LogP contribution >= 0.6 is 0 Å². The van der Waals surface area contributed by atoms with E-state index in [9.17, 15) is 4.79 Å². The first kappa shape index (κ1) is 16.7. The first-order chi connectivity index (χ1) is 13.2. The van der Waals surface area contributed by atoms with E-state index in [0.717, 1.165) is 23.4 Å². The van der Waals surface area contributed by atoms with Crippen LogP contribution in [0.2, 0.25) is 0 Å². The predicted octanol–water partition coefficient (Wildman–Crippen LogP) is 3.28. The number of aromatic nitrogens is 2. The summed E-state index contributed by atoms with van der Waals surface area (Å²) in [7, 11) is 0. The second-order valence-electron chi connectivity index (χ2n) is 5.98. The summed E-state index contributed by atoms with van der Waals surface area (Å²) in [6, 6.07) is 14.9. The third-order valence-corrected chi connectivity index (χ3v) is 4.02. The number of carboxylic acids is 1. The molecule has 27 heavy (non-hydrogen) atoms. The number of anilines is 2. The normalized spacial score (nSPS) is 11.9. The van der Waals surface area contributed by atoms with Crippen LogP contribution in [-0.4, -0.2) is 33.9 Å². The molecule has 0 aliphatic carbocycles. The topological polar surface area (TPSA) is 96.7 Å². The molecule has 1 aliphatic heterocycles. The Morgan fingerprint density at radius 2 is 2.11 bits per heavy atom.